The van der Waals surface area contributed by atoms with Crippen LogP contribution in [0.15, 0.2) is 18.2 Å². The van der Waals surface area contributed by atoms with E-state index in [1.807, 2.05) is 0 Å². The van der Waals surface area contributed by atoms with E-state index in [-0.39, 0.29) is 5.92 Å². The average molecular weight is 199 g/mol. The van der Waals surface area contributed by atoms with Gasteiger partial charge in [-0.1, -0.05) is 6.07 Å². The van der Waals surface area contributed by atoms with Crippen LogP contribution in [0.2, 0.25) is 0 Å². The molecule has 1 aliphatic heterocycles. The minimum atomic E-state index is -0.826. The molecule has 1 saturated heterocycles. The van der Waals surface area contributed by atoms with E-state index in [1.54, 1.807) is 6.07 Å². The molecule has 1 fully saturated rings. The van der Waals surface area contributed by atoms with Gasteiger partial charge in [0.2, 0.25) is 0 Å². The Morgan fingerprint density at radius 1 is 1.29 bits per heavy atom. The van der Waals surface area contributed by atoms with E-state index in [2.05, 4.69) is 0 Å². The molecule has 0 amide bonds. The number of hydrogen-bond donors (Lipinski definition) is 1. The molecule has 14 heavy (non-hydrogen) atoms. The predicted molar refractivity (Wildman–Crippen MR) is 47.1 cm³/mol. The number of hydrogen-bond acceptors (Lipinski definition) is 2. The first kappa shape index (κ1) is 9.55. The van der Waals surface area contributed by atoms with Crippen LogP contribution in [0, 0.1) is 11.6 Å². The van der Waals surface area contributed by atoms with E-state index in [9.17, 15) is 8.78 Å². The summed E-state index contributed by atoms with van der Waals surface area (Å²) in [5, 5.41) is 10.4. The first-order chi connectivity index (χ1) is 6.66. The van der Waals surface area contributed by atoms with Crippen LogP contribution in [0.3, 0.4) is 0 Å². The number of hydroxylamine groups is 2. The highest BCUT2D eigenvalue weighted by Crippen LogP contribution is 2.26. The fourth-order valence-electron chi connectivity index (χ4n) is 1.78. The Labute approximate surface area is 80.7 Å². The Hall–Kier alpha value is -1.00. The highest BCUT2D eigenvalue weighted by molar-refractivity contribution is 5.22. The van der Waals surface area contributed by atoms with Gasteiger partial charge in [-0.25, -0.2) is 8.78 Å². The first-order valence-corrected chi connectivity index (χ1v) is 4.55. The van der Waals surface area contributed by atoms with Crippen LogP contribution in [0.4, 0.5) is 8.78 Å². The van der Waals surface area contributed by atoms with Gasteiger partial charge in [-0.2, -0.15) is 5.06 Å². The Morgan fingerprint density at radius 3 is 2.64 bits per heavy atom. The largest absolute Gasteiger partial charge is 0.314 e. The van der Waals surface area contributed by atoms with Crippen molar-refractivity contribution in [1.82, 2.24) is 5.06 Å². The molecule has 1 unspecified atom stereocenters. The van der Waals surface area contributed by atoms with Gasteiger partial charge in [0, 0.05) is 19.0 Å². The lowest BCUT2D eigenvalue weighted by atomic mass is 9.98. The van der Waals surface area contributed by atoms with Gasteiger partial charge in [0.1, 0.15) is 0 Å². The van der Waals surface area contributed by atoms with Crippen molar-refractivity contribution >= 4 is 0 Å². The molecule has 1 aliphatic rings. The lowest BCUT2D eigenvalue weighted by Gasteiger charge is -2.09. The highest BCUT2D eigenvalue weighted by Gasteiger charge is 2.23. The van der Waals surface area contributed by atoms with Crippen LogP contribution in [0.25, 0.3) is 0 Å². The summed E-state index contributed by atoms with van der Waals surface area (Å²) in [7, 11) is 0. The van der Waals surface area contributed by atoms with Crippen molar-refractivity contribution in [2.24, 2.45) is 0 Å². The zero-order valence-electron chi connectivity index (χ0n) is 7.58. The van der Waals surface area contributed by atoms with Crippen molar-refractivity contribution in [3.05, 3.63) is 35.4 Å². The van der Waals surface area contributed by atoms with Crippen LogP contribution >= 0.6 is 0 Å². The minimum Gasteiger partial charge on any atom is -0.314 e. The van der Waals surface area contributed by atoms with Crippen molar-refractivity contribution < 1.29 is 14.0 Å². The fourth-order valence-corrected chi connectivity index (χ4v) is 1.78. The molecule has 76 valence electrons. The van der Waals surface area contributed by atoms with Crippen LogP contribution in [0.5, 0.6) is 0 Å². The van der Waals surface area contributed by atoms with E-state index in [1.165, 1.54) is 11.1 Å². The number of nitrogens with zero attached hydrogens (tertiary/aromatic N) is 1. The second-order valence-corrected chi connectivity index (χ2v) is 3.57. The van der Waals surface area contributed by atoms with Crippen molar-refractivity contribution in [2.75, 3.05) is 13.1 Å². The molecule has 0 aliphatic carbocycles. The molecule has 1 atom stereocenters. The van der Waals surface area contributed by atoms with Crippen molar-refractivity contribution in [3.63, 3.8) is 0 Å². The van der Waals surface area contributed by atoms with Gasteiger partial charge < -0.3 is 5.21 Å². The van der Waals surface area contributed by atoms with Gasteiger partial charge in [-0.3, -0.25) is 0 Å². The van der Waals surface area contributed by atoms with Crippen molar-refractivity contribution in [1.29, 1.82) is 0 Å². The summed E-state index contributed by atoms with van der Waals surface area (Å²) in [6, 6.07) is 3.91. The topological polar surface area (TPSA) is 23.5 Å². The number of halogens is 2. The zero-order chi connectivity index (χ0) is 10.1. The number of benzene rings is 1. The summed E-state index contributed by atoms with van der Waals surface area (Å²) in [6.07, 6.45) is 0.779. The summed E-state index contributed by atoms with van der Waals surface area (Å²) in [4.78, 5) is 0. The second kappa shape index (κ2) is 3.63. The third kappa shape index (κ3) is 1.76. The average Bonchev–Trinajstić information content (AvgIpc) is 2.57. The van der Waals surface area contributed by atoms with E-state index >= 15 is 0 Å². The molecule has 2 nitrogen and oxygen atoms in total. The summed E-state index contributed by atoms with van der Waals surface area (Å²) in [6.45, 7) is 1.08. The van der Waals surface area contributed by atoms with Crippen LogP contribution < -0.4 is 0 Å². The molecule has 0 saturated carbocycles. The van der Waals surface area contributed by atoms with E-state index < -0.39 is 11.6 Å². The maximum Gasteiger partial charge on any atom is 0.159 e. The lowest BCUT2D eigenvalue weighted by molar-refractivity contribution is -0.0691. The fraction of sp³-hybridized carbons (Fsp3) is 0.400. The first-order valence-electron chi connectivity index (χ1n) is 4.55. The van der Waals surface area contributed by atoms with Gasteiger partial charge in [0.05, 0.1) is 0 Å². The van der Waals surface area contributed by atoms with Crippen molar-refractivity contribution in [2.45, 2.75) is 12.3 Å². The summed E-state index contributed by atoms with van der Waals surface area (Å²) >= 11 is 0. The molecule has 1 heterocycles. The van der Waals surface area contributed by atoms with Gasteiger partial charge in [0.25, 0.3) is 0 Å². The van der Waals surface area contributed by atoms with Crippen LogP contribution in [-0.4, -0.2) is 23.4 Å². The molecule has 0 spiro atoms. The van der Waals surface area contributed by atoms with Crippen LogP contribution in [0.1, 0.15) is 17.9 Å². The van der Waals surface area contributed by atoms with Gasteiger partial charge in [-0.05, 0) is 24.1 Å². The maximum absolute atomic E-state index is 12.9. The molecule has 1 aromatic carbocycles. The van der Waals surface area contributed by atoms with E-state index in [4.69, 9.17) is 5.21 Å². The number of rotatable bonds is 1. The third-order valence-electron chi connectivity index (χ3n) is 2.58. The lowest BCUT2D eigenvalue weighted by Crippen LogP contribution is -2.14. The van der Waals surface area contributed by atoms with Gasteiger partial charge in [0.15, 0.2) is 11.6 Å². The minimum absolute atomic E-state index is 0.107. The Morgan fingerprint density at radius 2 is 2.07 bits per heavy atom. The molecule has 1 aromatic rings. The summed E-state index contributed by atoms with van der Waals surface area (Å²) in [5.74, 6) is -1.54. The monoisotopic (exact) mass is 199 g/mol. The molecule has 0 bridgehead atoms. The van der Waals surface area contributed by atoms with Gasteiger partial charge >= 0.3 is 0 Å². The molecule has 0 radical (unpaired) electrons. The Balaban J connectivity index is 2.20. The van der Waals surface area contributed by atoms with Gasteiger partial charge in [-0.15, -0.1) is 0 Å². The highest BCUT2D eigenvalue weighted by atomic mass is 19.2. The second-order valence-electron chi connectivity index (χ2n) is 3.57. The Kier molecular flexibility index (Phi) is 2.48. The summed E-state index contributed by atoms with van der Waals surface area (Å²) < 4.78 is 25.5. The van der Waals surface area contributed by atoms with Crippen molar-refractivity contribution in [3.8, 4) is 0 Å². The molecule has 4 heteroatoms. The molecule has 0 aromatic heterocycles. The predicted octanol–water partition coefficient (Wildman–Crippen LogP) is 2.14. The third-order valence-corrected chi connectivity index (χ3v) is 2.58. The molecular formula is C10H11F2NO. The van der Waals surface area contributed by atoms with E-state index in [0.29, 0.717) is 13.1 Å². The normalized spacial score (nSPS) is 22.9. The Bertz CT molecular complexity index is 343. The zero-order valence-corrected chi connectivity index (χ0v) is 7.58. The molecule has 2 rings (SSSR count). The molecule has 1 N–H and O–H groups in total. The van der Waals surface area contributed by atoms with Crippen LogP contribution in [-0.2, 0) is 0 Å². The van der Waals surface area contributed by atoms with E-state index in [0.717, 1.165) is 18.1 Å². The SMILES string of the molecule is ON1CCC(c2ccc(F)c(F)c2)C1. The molecular weight excluding hydrogens is 188 g/mol. The summed E-state index contributed by atoms with van der Waals surface area (Å²) in [5.41, 5.74) is 0.750. The maximum atomic E-state index is 12.9. The smallest absolute Gasteiger partial charge is 0.159 e. The quantitative estimate of drug-likeness (QED) is 0.749. The standard InChI is InChI=1S/C10H11F2NO/c11-9-2-1-7(5-10(9)12)8-3-4-13(14)6-8/h1-2,5,8,14H,3-4,6H2.